The Morgan fingerprint density at radius 2 is 1.72 bits per heavy atom. The molecule has 0 aliphatic carbocycles. The van der Waals surface area contributed by atoms with Crippen molar-refractivity contribution in [2.24, 2.45) is 5.92 Å². The van der Waals surface area contributed by atoms with E-state index in [1.54, 1.807) is 0 Å². The third-order valence-corrected chi connectivity index (χ3v) is 3.08. The van der Waals surface area contributed by atoms with Crippen molar-refractivity contribution in [3.05, 3.63) is 0 Å². The van der Waals surface area contributed by atoms with Crippen LogP contribution in [0.25, 0.3) is 0 Å². The summed E-state index contributed by atoms with van der Waals surface area (Å²) in [6, 6.07) is 0. The molecule has 0 heterocycles. The summed E-state index contributed by atoms with van der Waals surface area (Å²) in [5, 5.41) is 27.8. The Labute approximate surface area is 108 Å². The van der Waals surface area contributed by atoms with Gasteiger partial charge >= 0.3 is 5.97 Å². The third kappa shape index (κ3) is 6.71. The molecule has 106 valence electrons. The molecule has 3 N–H and O–H groups in total. The summed E-state index contributed by atoms with van der Waals surface area (Å²) in [6.45, 7) is 3.42. The quantitative estimate of drug-likeness (QED) is 0.515. The molecular weight excluding hydrogens is 236 g/mol. The second kappa shape index (κ2) is 9.05. The predicted octanol–water partition coefficient (Wildman–Crippen LogP) is 1.36. The van der Waals surface area contributed by atoms with Gasteiger partial charge in [-0.2, -0.15) is 0 Å². The summed E-state index contributed by atoms with van der Waals surface area (Å²) in [4.78, 5) is 22.1. The average molecular weight is 260 g/mol. The number of rotatable bonds is 10. The van der Waals surface area contributed by atoms with Crippen LogP contribution in [0.3, 0.4) is 0 Å². The van der Waals surface area contributed by atoms with Gasteiger partial charge in [0.05, 0.1) is 12.0 Å². The van der Waals surface area contributed by atoms with E-state index < -0.39 is 29.9 Å². The maximum atomic E-state index is 11.5. The zero-order chi connectivity index (χ0) is 14.1. The van der Waals surface area contributed by atoms with Crippen molar-refractivity contribution in [1.29, 1.82) is 0 Å². The Morgan fingerprint density at radius 1 is 1.11 bits per heavy atom. The molecule has 5 nitrogen and oxygen atoms in total. The van der Waals surface area contributed by atoms with Crippen LogP contribution in [0.5, 0.6) is 0 Å². The minimum atomic E-state index is -1.24. The monoisotopic (exact) mass is 260 g/mol. The summed E-state index contributed by atoms with van der Waals surface area (Å²) in [5.41, 5.74) is 0. The highest BCUT2D eigenvalue weighted by molar-refractivity contribution is 5.84. The van der Waals surface area contributed by atoms with Crippen molar-refractivity contribution in [2.75, 3.05) is 0 Å². The number of hydrogen-bond acceptors (Lipinski definition) is 4. The van der Waals surface area contributed by atoms with Gasteiger partial charge < -0.3 is 15.3 Å². The SMILES string of the molecule is CCCCCCC(O)C(=O)CC(O)C(C)C(=O)O. The molecule has 0 spiro atoms. The molecule has 0 bridgehead atoms. The van der Waals surface area contributed by atoms with E-state index in [0.717, 1.165) is 25.7 Å². The molecule has 0 aliphatic rings. The van der Waals surface area contributed by atoms with Gasteiger partial charge in [-0.3, -0.25) is 9.59 Å². The van der Waals surface area contributed by atoms with Gasteiger partial charge in [-0.1, -0.05) is 32.6 Å². The number of unbranched alkanes of at least 4 members (excludes halogenated alkanes) is 3. The van der Waals surface area contributed by atoms with Crippen LogP contribution in [-0.4, -0.2) is 39.3 Å². The number of aliphatic hydroxyl groups is 2. The smallest absolute Gasteiger partial charge is 0.308 e. The third-order valence-electron chi connectivity index (χ3n) is 3.08. The zero-order valence-electron chi connectivity index (χ0n) is 11.1. The lowest BCUT2D eigenvalue weighted by Gasteiger charge is -2.16. The van der Waals surface area contributed by atoms with Crippen LogP contribution in [0.1, 0.15) is 52.4 Å². The number of carbonyl (C=O) groups is 2. The van der Waals surface area contributed by atoms with Crippen LogP contribution in [0.15, 0.2) is 0 Å². The van der Waals surface area contributed by atoms with Gasteiger partial charge in [0.15, 0.2) is 5.78 Å². The van der Waals surface area contributed by atoms with E-state index in [0.29, 0.717) is 6.42 Å². The summed E-state index contributed by atoms with van der Waals surface area (Å²) >= 11 is 0. The molecule has 3 atom stereocenters. The van der Waals surface area contributed by atoms with Gasteiger partial charge in [0.1, 0.15) is 6.10 Å². The lowest BCUT2D eigenvalue weighted by molar-refractivity contribution is -0.145. The summed E-state index contributed by atoms with van der Waals surface area (Å²) in [6.07, 6.45) is 1.64. The first-order valence-electron chi connectivity index (χ1n) is 6.51. The number of Topliss-reactive ketones (excluding diaryl/α,β-unsaturated/α-hetero) is 1. The van der Waals surface area contributed by atoms with Gasteiger partial charge in [-0.15, -0.1) is 0 Å². The first-order valence-corrected chi connectivity index (χ1v) is 6.51. The molecule has 0 aromatic carbocycles. The number of carboxylic acids is 1. The van der Waals surface area contributed by atoms with Gasteiger partial charge in [0, 0.05) is 6.42 Å². The first-order chi connectivity index (χ1) is 8.40. The minimum absolute atomic E-state index is 0.303. The van der Waals surface area contributed by atoms with Gasteiger partial charge in [0.25, 0.3) is 0 Å². The molecule has 0 radical (unpaired) electrons. The second-order valence-electron chi connectivity index (χ2n) is 4.73. The Kier molecular flexibility index (Phi) is 8.58. The molecule has 0 fully saturated rings. The van der Waals surface area contributed by atoms with E-state index in [4.69, 9.17) is 5.11 Å². The molecule has 0 aromatic heterocycles. The highest BCUT2D eigenvalue weighted by atomic mass is 16.4. The molecule has 5 heteroatoms. The highest BCUT2D eigenvalue weighted by Crippen LogP contribution is 2.12. The Bertz CT molecular complexity index is 264. The molecule has 0 amide bonds. The lowest BCUT2D eigenvalue weighted by Crippen LogP contribution is -2.31. The number of hydrogen-bond donors (Lipinski definition) is 3. The van der Waals surface area contributed by atoms with Crippen molar-refractivity contribution in [3.8, 4) is 0 Å². The number of aliphatic carboxylic acids is 1. The van der Waals surface area contributed by atoms with Gasteiger partial charge in [-0.05, 0) is 13.3 Å². The topological polar surface area (TPSA) is 94.8 Å². The van der Waals surface area contributed by atoms with Gasteiger partial charge in [0.2, 0.25) is 0 Å². The van der Waals surface area contributed by atoms with E-state index in [2.05, 4.69) is 6.92 Å². The van der Waals surface area contributed by atoms with Crippen molar-refractivity contribution in [3.63, 3.8) is 0 Å². The molecule has 3 unspecified atom stereocenters. The maximum absolute atomic E-state index is 11.5. The second-order valence-corrected chi connectivity index (χ2v) is 4.73. The van der Waals surface area contributed by atoms with E-state index >= 15 is 0 Å². The Balaban J connectivity index is 3.96. The fourth-order valence-electron chi connectivity index (χ4n) is 1.61. The largest absolute Gasteiger partial charge is 0.481 e. The normalized spacial score (nSPS) is 16.0. The van der Waals surface area contributed by atoms with Crippen LogP contribution in [0, 0.1) is 5.92 Å². The Morgan fingerprint density at radius 3 is 2.22 bits per heavy atom. The van der Waals surface area contributed by atoms with Crippen LogP contribution in [-0.2, 0) is 9.59 Å². The maximum Gasteiger partial charge on any atom is 0.308 e. The zero-order valence-corrected chi connectivity index (χ0v) is 11.1. The Hall–Kier alpha value is -0.940. The fraction of sp³-hybridized carbons (Fsp3) is 0.846. The average Bonchev–Trinajstić information content (AvgIpc) is 2.32. The molecule has 0 saturated heterocycles. The van der Waals surface area contributed by atoms with Crippen LogP contribution >= 0.6 is 0 Å². The molecular formula is C13H24O5. The van der Waals surface area contributed by atoms with E-state index in [1.165, 1.54) is 6.92 Å². The van der Waals surface area contributed by atoms with Crippen LogP contribution < -0.4 is 0 Å². The molecule has 0 saturated carbocycles. The molecule has 0 aromatic rings. The summed E-state index contributed by atoms with van der Waals surface area (Å²) < 4.78 is 0. The number of ketones is 1. The number of aliphatic hydroxyl groups excluding tert-OH is 2. The highest BCUT2D eigenvalue weighted by Gasteiger charge is 2.26. The molecule has 0 aliphatic heterocycles. The predicted molar refractivity (Wildman–Crippen MR) is 67.2 cm³/mol. The summed E-state index contributed by atoms with van der Waals surface area (Å²) in [7, 11) is 0. The number of carbonyl (C=O) groups excluding carboxylic acids is 1. The van der Waals surface area contributed by atoms with Gasteiger partial charge in [-0.25, -0.2) is 0 Å². The molecule has 18 heavy (non-hydrogen) atoms. The first kappa shape index (κ1) is 17.1. The summed E-state index contributed by atoms with van der Waals surface area (Å²) in [5.74, 6) is -2.62. The van der Waals surface area contributed by atoms with Crippen molar-refractivity contribution >= 4 is 11.8 Å². The van der Waals surface area contributed by atoms with E-state index in [1.807, 2.05) is 0 Å². The van der Waals surface area contributed by atoms with Crippen molar-refractivity contribution in [1.82, 2.24) is 0 Å². The van der Waals surface area contributed by atoms with Crippen LogP contribution in [0.4, 0.5) is 0 Å². The van der Waals surface area contributed by atoms with Crippen LogP contribution in [0.2, 0.25) is 0 Å². The lowest BCUT2D eigenvalue weighted by atomic mass is 9.96. The van der Waals surface area contributed by atoms with Crippen molar-refractivity contribution < 1.29 is 24.9 Å². The standard InChI is InChI=1S/C13H24O5/c1-3-4-5-6-7-10(14)12(16)8-11(15)9(2)13(17)18/h9-11,14-15H,3-8H2,1-2H3,(H,17,18). The number of carboxylic acid groups (broad SMARTS) is 1. The minimum Gasteiger partial charge on any atom is -0.481 e. The van der Waals surface area contributed by atoms with E-state index in [9.17, 15) is 19.8 Å². The molecule has 0 rings (SSSR count). The van der Waals surface area contributed by atoms with Crippen molar-refractivity contribution in [2.45, 2.75) is 64.6 Å². The van der Waals surface area contributed by atoms with E-state index in [-0.39, 0.29) is 6.42 Å². The fourth-order valence-corrected chi connectivity index (χ4v) is 1.61.